The van der Waals surface area contributed by atoms with Crippen LogP contribution in [0.4, 0.5) is 8.78 Å². The molecule has 3 nitrogen and oxygen atoms in total. The minimum absolute atomic E-state index is 0.0380. The third kappa shape index (κ3) is 3.59. The Morgan fingerprint density at radius 1 is 1.30 bits per heavy atom. The van der Waals surface area contributed by atoms with Crippen molar-refractivity contribution in [2.75, 3.05) is 6.54 Å². The monoisotopic (exact) mass is 278 g/mol. The fraction of sp³-hybridized carbons (Fsp3) is 0.267. The predicted molar refractivity (Wildman–Crippen MR) is 72.0 cm³/mol. The largest absolute Gasteiger partial charge is 0.387 e. The lowest BCUT2D eigenvalue weighted by atomic mass is 10.1. The van der Waals surface area contributed by atoms with Crippen molar-refractivity contribution < 1.29 is 13.9 Å². The number of halogens is 2. The molecule has 1 atom stereocenters. The fourth-order valence-electron chi connectivity index (χ4n) is 1.92. The van der Waals surface area contributed by atoms with Crippen molar-refractivity contribution in [3.05, 3.63) is 65.0 Å². The molecule has 0 bridgehead atoms. The van der Waals surface area contributed by atoms with E-state index in [0.717, 1.165) is 29.3 Å². The zero-order chi connectivity index (χ0) is 14.5. The van der Waals surface area contributed by atoms with E-state index in [1.165, 1.54) is 0 Å². The van der Waals surface area contributed by atoms with Crippen molar-refractivity contribution in [1.82, 2.24) is 10.3 Å². The molecule has 0 radical (unpaired) electrons. The van der Waals surface area contributed by atoms with E-state index in [4.69, 9.17) is 0 Å². The van der Waals surface area contributed by atoms with Gasteiger partial charge in [0.25, 0.3) is 0 Å². The Hall–Kier alpha value is -1.85. The number of hydrogen-bond donors (Lipinski definition) is 2. The van der Waals surface area contributed by atoms with Crippen LogP contribution in [-0.2, 0) is 6.54 Å². The number of aliphatic hydroxyl groups excluding tert-OH is 1. The first kappa shape index (κ1) is 14.6. The summed E-state index contributed by atoms with van der Waals surface area (Å²) in [6, 6.07) is 4.93. The molecule has 2 N–H and O–H groups in total. The Bertz CT molecular complexity index is 590. The van der Waals surface area contributed by atoms with Crippen LogP contribution in [0.3, 0.4) is 0 Å². The van der Waals surface area contributed by atoms with Gasteiger partial charge in [-0.2, -0.15) is 0 Å². The highest BCUT2D eigenvalue weighted by Gasteiger charge is 2.13. The molecule has 1 heterocycles. The Morgan fingerprint density at radius 3 is 2.85 bits per heavy atom. The number of aliphatic hydroxyl groups is 1. The number of rotatable bonds is 5. The summed E-state index contributed by atoms with van der Waals surface area (Å²) in [5, 5.41) is 12.9. The number of nitrogens with one attached hydrogen (secondary N) is 1. The van der Waals surface area contributed by atoms with E-state index in [2.05, 4.69) is 10.3 Å². The lowest BCUT2D eigenvalue weighted by molar-refractivity contribution is 0.169. The molecular weight excluding hydrogens is 262 g/mol. The maximum absolute atomic E-state index is 13.5. The summed E-state index contributed by atoms with van der Waals surface area (Å²) in [6.07, 6.45) is 2.35. The molecule has 20 heavy (non-hydrogen) atoms. The van der Waals surface area contributed by atoms with Crippen LogP contribution in [0.1, 0.15) is 22.8 Å². The number of hydrogen-bond acceptors (Lipinski definition) is 3. The minimum Gasteiger partial charge on any atom is -0.387 e. The average Bonchev–Trinajstić information content (AvgIpc) is 2.43. The first-order chi connectivity index (χ1) is 9.58. The highest BCUT2D eigenvalue weighted by Crippen LogP contribution is 2.17. The van der Waals surface area contributed by atoms with E-state index in [0.29, 0.717) is 6.54 Å². The first-order valence-electron chi connectivity index (χ1n) is 6.31. The van der Waals surface area contributed by atoms with Gasteiger partial charge in [0.05, 0.1) is 6.10 Å². The second-order valence-electron chi connectivity index (χ2n) is 4.61. The SMILES string of the molecule is Cc1cnccc1CNCC(O)c1cc(F)ccc1F. The third-order valence-electron chi connectivity index (χ3n) is 3.11. The van der Waals surface area contributed by atoms with Crippen LogP contribution < -0.4 is 5.32 Å². The quantitative estimate of drug-likeness (QED) is 0.883. The van der Waals surface area contributed by atoms with Crippen LogP contribution in [0.5, 0.6) is 0 Å². The van der Waals surface area contributed by atoms with Crippen LogP contribution in [0.2, 0.25) is 0 Å². The highest BCUT2D eigenvalue weighted by atomic mass is 19.1. The minimum atomic E-state index is -1.09. The van der Waals surface area contributed by atoms with Crippen molar-refractivity contribution in [2.24, 2.45) is 0 Å². The number of aromatic nitrogens is 1. The van der Waals surface area contributed by atoms with Gasteiger partial charge in [-0.15, -0.1) is 0 Å². The summed E-state index contributed by atoms with van der Waals surface area (Å²) in [7, 11) is 0. The average molecular weight is 278 g/mol. The number of aryl methyl sites for hydroxylation is 1. The van der Waals surface area contributed by atoms with Crippen molar-refractivity contribution in [1.29, 1.82) is 0 Å². The van der Waals surface area contributed by atoms with Crippen molar-refractivity contribution in [2.45, 2.75) is 19.6 Å². The van der Waals surface area contributed by atoms with Gasteiger partial charge in [-0.05, 0) is 42.3 Å². The van der Waals surface area contributed by atoms with Gasteiger partial charge in [0.1, 0.15) is 11.6 Å². The zero-order valence-corrected chi connectivity index (χ0v) is 11.1. The summed E-state index contributed by atoms with van der Waals surface area (Å²) >= 11 is 0. The van der Waals surface area contributed by atoms with Crippen LogP contribution in [0, 0.1) is 18.6 Å². The zero-order valence-electron chi connectivity index (χ0n) is 11.1. The van der Waals surface area contributed by atoms with E-state index in [1.807, 2.05) is 13.0 Å². The maximum Gasteiger partial charge on any atom is 0.129 e. The summed E-state index contributed by atoms with van der Waals surface area (Å²) in [5.41, 5.74) is 2.04. The van der Waals surface area contributed by atoms with E-state index in [9.17, 15) is 13.9 Å². The predicted octanol–water partition coefficient (Wildman–Crippen LogP) is 2.49. The molecule has 0 amide bonds. The topological polar surface area (TPSA) is 45.2 Å². The smallest absolute Gasteiger partial charge is 0.129 e. The number of benzene rings is 1. The Kier molecular flexibility index (Phi) is 4.76. The highest BCUT2D eigenvalue weighted by molar-refractivity contribution is 5.22. The van der Waals surface area contributed by atoms with E-state index in [-0.39, 0.29) is 12.1 Å². The van der Waals surface area contributed by atoms with Gasteiger partial charge >= 0.3 is 0 Å². The maximum atomic E-state index is 13.5. The molecule has 5 heteroatoms. The molecule has 2 aromatic rings. The van der Waals surface area contributed by atoms with Crippen molar-refractivity contribution >= 4 is 0 Å². The molecule has 2 rings (SSSR count). The van der Waals surface area contributed by atoms with Gasteiger partial charge in [-0.25, -0.2) is 8.78 Å². The Labute approximate surface area is 116 Å². The molecule has 0 spiro atoms. The standard InChI is InChI=1S/C15H16F2N2O/c1-10-7-18-5-4-11(10)8-19-9-15(20)13-6-12(16)2-3-14(13)17/h2-7,15,19-20H,8-9H2,1H3. The van der Waals surface area contributed by atoms with Crippen LogP contribution in [0.15, 0.2) is 36.7 Å². The molecule has 1 aromatic heterocycles. The normalized spacial score (nSPS) is 12.4. The van der Waals surface area contributed by atoms with Gasteiger partial charge < -0.3 is 10.4 Å². The fourth-order valence-corrected chi connectivity index (χ4v) is 1.92. The van der Waals surface area contributed by atoms with Crippen LogP contribution in [-0.4, -0.2) is 16.6 Å². The second-order valence-corrected chi connectivity index (χ2v) is 4.61. The third-order valence-corrected chi connectivity index (χ3v) is 3.11. The first-order valence-corrected chi connectivity index (χ1v) is 6.31. The number of nitrogens with zero attached hydrogens (tertiary/aromatic N) is 1. The lowest BCUT2D eigenvalue weighted by Crippen LogP contribution is -2.22. The summed E-state index contributed by atoms with van der Waals surface area (Å²) in [4.78, 5) is 3.99. The summed E-state index contributed by atoms with van der Waals surface area (Å²) in [6.45, 7) is 2.61. The van der Waals surface area contributed by atoms with E-state index >= 15 is 0 Å². The second kappa shape index (κ2) is 6.54. The number of pyridine rings is 1. The molecule has 0 aliphatic rings. The van der Waals surface area contributed by atoms with Crippen molar-refractivity contribution in [3.63, 3.8) is 0 Å². The molecule has 0 saturated carbocycles. The van der Waals surface area contributed by atoms with Gasteiger partial charge in [-0.1, -0.05) is 0 Å². The molecular formula is C15H16F2N2O. The van der Waals surface area contributed by atoms with Gasteiger partial charge in [0.15, 0.2) is 0 Å². The molecule has 106 valence electrons. The molecule has 1 aromatic carbocycles. The molecule has 0 aliphatic carbocycles. The lowest BCUT2D eigenvalue weighted by Gasteiger charge is -2.14. The van der Waals surface area contributed by atoms with Crippen molar-refractivity contribution in [3.8, 4) is 0 Å². The van der Waals surface area contributed by atoms with Gasteiger partial charge in [0, 0.05) is 31.0 Å². The van der Waals surface area contributed by atoms with E-state index < -0.39 is 17.7 Å². The summed E-state index contributed by atoms with van der Waals surface area (Å²) < 4.78 is 26.5. The Morgan fingerprint density at radius 2 is 2.10 bits per heavy atom. The van der Waals surface area contributed by atoms with E-state index in [1.54, 1.807) is 12.4 Å². The Balaban J connectivity index is 1.94. The molecule has 0 fully saturated rings. The van der Waals surface area contributed by atoms with Crippen LogP contribution >= 0.6 is 0 Å². The van der Waals surface area contributed by atoms with Crippen LogP contribution in [0.25, 0.3) is 0 Å². The molecule has 0 saturated heterocycles. The van der Waals surface area contributed by atoms with Gasteiger partial charge in [0.2, 0.25) is 0 Å². The summed E-state index contributed by atoms with van der Waals surface area (Å²) in [5.74, 6) is -1.17. The molecule has 0 aliphatic heterocycles. The molecule has 1 unspecified atom stereocenters. The van der Waals surface area contributed by atoms with Gasteiger partial charge in [-0.3, -0.25) is 4.98 Å².